The minimum absolute atomic E-state index is 0.459. The van der Waals surface area contributed by atoms with Crippen LogP contribution in [0.15, 0.2) is 24.4 Å². The Labute approximate surface area is 131 Å². The van der Waals surface area contributed by atoms with Gasteiger partial charge in [0.15, 0.2) is 0 Å². The van der Waals surface area contributed by atoms with Crippen molar-refractivity contribution in [3.8, 4) is 5.75 Å². The van der Waals surface area contributed by atoms with Gasteiger partial charge in [-0.2, -0.15) is 5.10 Å². The molecule has 1 heterocycles. The average molecular weight is 308 g/mol. The minimum atomic E-state index is 0.459. The minimum Gasteiger partial charge on any atom is -0.496 e. The van der Waals surface area contributed by atoms with Crippen LogP contribution in [-0.4, -0.2) is 22.9 Å². The lowest BCUT2D eigenvalue weighted by molar-refractivity contribution is 0.407. The Bertz CT molecular complexity index is 608. The fourth-order valence-corrected chi connectivity index (χ4v) is 2.37. The summed E-state index contributed by atoms with van der Waals surface area (Å²) in [6.45, 7) is 7.78. The molecule has 0 aliphatic carbocycles. The summed E-state index contributed by atoms with van der Waals surface area (Å²) in [6, 6.07) is 6.09. The summed E-state index contributed by atoms with van der Waals surface area (Å²) in [5.41, 5.74) is 3.28. The first-order chi connectivity index (χ1) is 9.99. The van der Waals surface area contributed by atoms with Crippen molar-refractivity contribution >= 4 is 11.6 Å². The fourth-order valence-electron chi connectivity index (χ4n) is 2.17. The van der Waals surface area contributed by atoms with E-state index in [-0.39, 0.29) is 0 Å². The highest BCUT2D eigenvalue weighted by atomic mass is 35.5. The highest BCUT2D eigenvalue weighted by Gasteiger charge is 2.09. The predicted octanol–water partition coefficient (Wildman–Crippen LogP) is 3.40. The monoisotopic (exact) mass is 307 g/mol. The Hall–Kier alpha value is -1.52. The topological polar surface area (TPSA) is 39.1 Å². The molecular weight excluding hydrogens is 286 g/mol. The molecule has 0 saturated carbocycles. The maximum atomic E-state index is 6.07. The molecule has 0 aliphatic heterocycles. The lowest BCUT2D eigenvalue weighted by Gasteiger charge is -2.09. The van der Waals surface area contributed by atoms with E-state index in [1.165, 1.54) is 5.56 Å². The second-order valence-electron chi connectivity index (χ2n) is 5.43. The normalized spacial score (nSPS) is 11.1. The largest absolute Gasteiger partial charge is 0.496 e. The van der Waals surface area contributed by atoms with E-state index in [9.17, 15) is 0 Å². The molecule has 4 nitrogen and oxygen atoms in total. The van der Waals surface area contributed by atoms with Crippen molar-refractivity contribution in [3.05, 3.63) is 46.2 Å². The smallest absolute Gasteiger partial charge is 0.124 e. The zero-order valence-electron chi connectivity index (χ0n) is 13.0. The molecule has 0 radical (unpaired) electrons. The molecular formula is C16H22ClN3O. The van der Waals surface area contributed by atoms with Crippen LogP contribution >= 0.6 is 11.6 Å². The molecule has 0 amide bonds. The first-order valence-corrected chi connectivity index (χ1v) is 7.46. The number of benzene rings is 1. The lowest BCUT2D eigenvalue weighted by atomic mass is 10.2. The molecule has 2 rings (SSSR count). The van der Waals surface area contributed by atoms with E-state index in [4.69, 9.17) is 16.3 Å². The van der Waals surface area contributed by atoms with E-state index in [0.29, 0.717) is 17.6 Å². The highest BCUT2D eigenvalue weighted by Crippen LogP contribution is 2.23. The zero-order chi connectivity index (χ0) is 15.4. The molecule has 2 aromatic rings. The average Bonchev–Trinajstić information content (AvgIpc) is 2.77. The lowest BCUT2D eigenvalue weighted by Crippen LogP contribution is -2.21. The van der Waals surface area contributed by atoms with Gasteiger partial charge in [-0.15, -0.1) is 0 Å². The number of aromatic nitrogens is 2. The molecule has 1 N–H and O–H groups in total. The summed E-state index contributed by atoms with van der Waals surface area (Å²) >= 11 is 6.07. The summed E-state index contributed by atoms with van der Waals surface area (Å²) in [5.74, 6) is 0.828. The van der Waals surface area contributed by atoms with E-state index in [1.54, 1.807) is 7.11 Å². The van der Waals surface area contributed by atoms with E-state index < -0.39 is 0 Å². The van der Waals surface area contributed by atoms with E-state index >= 15 is 0 Å². The summed E-state index contributed by atoms with van der Waals surface area (Å²) in [7, 11) is 1.67. The number of ether oxygens (including phenoxy) is 1. The number of aryl methyl sites for hydroxylation is 1. The molecule has 0 unspecified atom stereocenters. The number of rotatable bonds is 6. The number of nitrogens with zero attached hydrogens (tertiary/aromatic N) is 2. The fraction of sp³-hybridized carbons (Fsp3) is 0.438. The van der Waals surface area contributed by atoms with E-state index in [0.717, 1.165) is 23.6 Å². The standard InChI is InChI=1S/C16H22ClN3O/c1-11(2)18-8-14-10-20(19-12(14)3)9-13-7-15(17)5-6-16(13)21-4/h5-7,10-11,18H,8-9H2,1-4H3. The summed E-state index contributed by atoms with van der Waals surface area (Å²) < 4.78 is 7.31. The molecule has 114 valence electrons. The summed E-state index contributed by atoms with van der Waals surface area (Å²) in [4.78, 5) is 0. The van der Waals surface area contributed by atoms with Crippen molar-refractivity contribution in [2.45, 2.75) is 39.9 Å². The third kappa shape index (κ3) is 4.22. The Morgan fingerprint density at radius 2 is 2.10 bits per heavy atom. The predicted molar refractivity (Wildman–Crippen MR) is 86.0 cm³/mol. The molecule has 21 heavy (non-hydrogen) atoms. The van der Waals surface area contributed by atoms with Crippen LogP contribution in [0.1, 0.15) is 30.7 Å². The van der Waals surface area contributed by atoms with Gasteiger partial charge in [0.1, 0.15) is 5.75 Å². The molecule has 5 heteroatoms. The van der Waals surface area contributed by atoms with Crippen molar-refractivity contribution in [2.24, 2.45) is 0 Å². The maximum absolute atomic E-state index is 6.07. The molecule has 0 fully saturated rings. The van der Waals surface area contributed by atoms with Crippen LogP contribution in [0.25, 0.3) is 0 Å². The van der Waals surface area contributed by atoms with Crippen LogP contribution in [0.5, 0.6) is 5.75 Å². The van der Waals surface area contributed by atoms with Crippen LogP contribution in [0.4, 0.5) is 0 Å². The third-order valence-corrected chi connectivity index (χ3v) is 3.56. The molecule has 0 saturated heterocycles. The first kappa shape index (κ1) is 15.9. The van der Waals surface area contributed by atoms with Gasteiger partial charge in [-0.05, 0) is 25.1 Å². The van der Waals surface area contributed by atoms with Crippen LogP contribution in [-0.2, 0) is 13.1 Å². The number of hydrogen-bond acceptors (Lipinski definition) is 3. The van der Waals surface area contributed by atoms with Crippen LogP contribution < -0.4 is 10.1 Å². The maximum Gasteiger partial charge on any atom is 0.124 e. The SMILES string of the molecule is COc1ccc(Cl)cc1Cn1cc(CNC(C)C)c(C)n1. The number of methoxy groups -OCH3 is 1. The Kier molecular flexibility index (Phi) is 5.26. The van der Waals surface area contributed by atoms with Gasteiger partial charge in [0.2, 0.25) is 0 Å². The van der Waals surface area contributed by atoms with Gasteiger partial charge in [0, 0.05) is 34.9 Å². The highest BCUT2D eigenvalue weighted by molar-refractivity contribution is 6.30. The van der Waals surface area contributed by atoms with Crippen molar-refractivity contribution in [3.63, 3.8) is 0 Å². The number of hydrogen-bond donors (Lipinski definition) is 1. The molecule has 0 atom stereocenters. The van der Waals surface area contributed by atoms with Gasteiger partial charge in [-0.1, -0.05) is 25.4 Å². The Balaban J connectivity index is 2.16. The van der Waals surface area contributed by atoms with E-state index in [1.807, 2.05) is 29.8 Å². The van der Waals surface area contributed by atoms with Crippen molar-refractivity contribution < 1.29 is 4.74 Å². The number of nitrogens with one attached hydrogen (secondary N) is 1. The van der Waals surface area contributed by atoms with Gasteiger partial charge >= 0.3 is 0 Å². The van der Waals surface area contributed by atoms with Crippen molar-refractivity contribution in [1.29, 1.82) is 0 Å². The van der Waals surface area contributed by atoms with Crippen LogP contribution in [0.3, 0.4) is 0 Å². The molecule has 0 spiro atoms. The molecule has 1 aromatic heterocycles. The Morgan fingerprint density at radius 1 is 1.33 bits per heavy atom. The first-order valence-electron chi connectivity index (χ1n) is 7.08. The summed E-state index contributed by atoms with van der Waals surface area (Å²) in [6.07, 6.45) is 2.07. The van der Waals surface area contributed by atoms with Gasteiger partial charge in [0.25, 0.3) is 0 Å². The quantitative estimate of drug-likeness (QED) is 0.889. The van der Waals surface area contributed by atoms with Crippen molar-refractivity contribution in [1.82, 2.24) is 15.1 Å². The third-order valence-electron chi connectivity index (χ3n) is 3.32. The molecule has 0 aliphatic rings. The summed E-state index contributed by atoms with van der Waals surface area (Å²) in [5, 5.41) is 8.68. The van der Waals surface area contributed by atoms with Gasteiger partial charge < -0.3 is 10.1 Å². The second kappa shape index (κ2) is 6.96. The molecule has 1 aromatic carbocycles. The second-order valence-corrected chi connectivity index (χ2v) is 5.87. The van der Waals surface area contributed by atoms with Gasteiger partial charge in [0.05, 0.1) is 19.3 Å². The van der Waals surface area contributed by atoms with Gasteiger partial charge in [-0.3, -0.25) is 4.68 Å². The zero-order valence-corrected chi connectivity index (χ0v) is 13.7. The Morgan fingerprint density at radius 3 is 2.76 bits per heavy atom. The van der Waals surface area contributed by atoms with Crippen LogP contribution in [0, 0.1) is 6.92 Å². The molecule has 0 bridgehead atoms. The number of halogens is 1. The van der Waals surface area contributed by atoms with Crippen LogP contribution in [0.2, 0.25) is 5.02 Å². The van der Waals surface area contributed by atoms with E-state index in [2.05, 4.69) is 30.5 Å². The van der Waals surface area contributed by atoms with Gasteiger partial charge in [-0.25, -0.2) is 0 Å². The van der Waals surface area contributed by atoms with Crippen molar-refractivity contribution in [2.75, 3.05) is 7.11 Å².